The van der Waals surface area contributed by atoms with Gasteiger partial charge in [-0.15, -0.1) is 0 Å². The molecule has 29 heavy (non-hydrogen) atoms. The molecule has 0 N–H and O–H groups in total. The van der Waals surface area contributed by atoms with Gasteiger partial charge in [0.25, 0.3) is 5.56 Å². The van der Waals surface area contributed by atoms with E-state index in [1.807, 2.05) is 11.8 Å². The van der Waals surface area contributed by atoms with Gasteiger partial charge < -0.3 is 4.90 Å². The molecule has 0 radical (unpaired) electrons. The highest BCUT2D eigenvalue weighted by molar-refractivity contribution is 7.21. The first-order chi connectivity index (χ1) is 14.0. The molecule has 6 nitrogen and oxygen atoms in total. The van der Waals surface area contributed by atoms with Crippen LogP contribution < -0.4 is 10.5 Å². The number of aryl methyl sites for hydroxylation is 2. The number of ketones is 1. The van der Waals surface area contributed by atoms with Crippen molar-refractivity contribution >= 4 is 32.6 Å². The fraction of sp³-hybridized carbons (Fsp3) is 0.429. The molecule has 1 saturated heterocycles. The Morgan fingerprint density at radius 2 is 2.10 bits per heavy atom. The molecule has 3 heterocycles. The van der Waals surface area contributed by atoms with E-state index in [1.54, 1.807) is 25.2 Å². The monoisotopic (exact) mass is 414 g/mol. The van der Waals surface area contributed by atoms with E-state index in [4.69, 9.17) is 0 Å². The number of Topliss-reactive ketones (excluding diaryl/α,β-unsaturated/α-hetero) is 1. The Kier molecular flexibility index (Phi) is 5.45. The van der Waals surface area contributed by atoms with Gasteiger partial charge in [0.15, 0.2) is 21.3 Å². The summed E-state index contributed by atoms with van der Waals surface area (Å²) in [7, 11) is 1.71. The molecule has 1 aromatic carbocycles. The minimum Gasteiger partial charge on any atom is -0.338 e. The first-order valence-corrected chi connectivity index (χ1v) is 10.7. The molecular formula is C21H23FN4O2S. The number of benzene rings is 1. The van der Waals surface area contributed by atoms with Crippen molar-refractivity contribution in [3.05, 3.63) is 51.8 Å². The lowest BCUT2D eigenvalue weighted by Gasteiger charge is -2.22. The number of hydrogen-bond acceptors (Lipinski definition) is 6. The molecule has 1 aliphatic heterocycles. The summed E-state index contributed by atoms with van der Waals surface area (Å²) in [6, 6.07) is 6.28. The van der Waals surface area contributed by atoms with E-state index in [1.165, 1.54) is 22.0 Å². The maximum atomic E-state index is 13.8. The van der Waals surface area contributed by atoms with E-state index < -0.39 is 0 Å². The highest BCUT2D eigenvalue weighted by Gasteiger charge is 2.32. The molecule has 1 atom stereocenters. The molecule has 8 heteroatoms. The van der Waals surface area contributed by atoms with Gasteiger partial charge in [0.2, 0.25) is 0 Å². The fourth-order valence-electron chi connectivity index (χ4n) is 3.88. The Bertz CT molecular complexity index is 1120. The SMILES string of the molecule is CCc1nc2sc(N3CCC[C@@H]3C(=O)CCc3ccccc3F)nc2c(=O)n1C. The summed E-state index contributed by atoms with van der Waals surface area (Å²) in [5.74, 6) is 0.528. The Hall–Kier alpha value is -2.61. The number of carbonyl (C=O) groups excluding carboxylic acids is 1. The lowest BCUT2D eigenvalue weighted by molar-refractivity contribution is -0.120. The standard InChI is InChI=1S/C21H23FN4O2S/c1-3-17-23-19-18(20(28)25(17)2)24-21(29-19)26-12-6-9-15(26)16(27)11-10-13-7-4-5-8-14(13)22/h4-5,7-8,15H,3,6,9-12H2,1-2H3/t15-/m1/s1. The maximum Gasteiger partial charge on any atom is 0.280 e. The van der Waals surface area contributed by atoms with Crippen molar-refractivity contribution in [2.24, 2.45) is 7.05 Å². The molecule has 1 fully saturated rings. The number of thiazole rings is 1. The van der Waals surface area contributed by atoms with Crippen molar-refractivity contribution < 1.29 is 9.18 Å². The van der Waals surface area contributed by atoms with Crippen molar-refractivity contribution in [1.29, 1.82) is 0 Å². The predicted octanol–water partition coefficient (Wildman–Crippen LogP) is 3.26. The number of rotatable bonds is 6. The number of carbonyl (C=O) groups is 1. The Morgan fingerprint density at radius 1 is 1.31 bits per heavy atom. The van der Waals surface area contributed by atoms with Crippen molar-refractivity contribution in [3.63, 3.8) is 0 Å². The van der Waals surface area contributed by atoms with Crippen molar-refractivity contribution in [3.8, 4) is 0 Å². The maximum absolute atomic E-state index is 13.8. The summed E-state index contributed by atoms with van der Waals surface area (Å²) < 4.78 is 15.4. The van der Waals surface area contributed by atoms with Crippen molar-refractivity contribution in [2.75, 3.05) is 11.4 Å². The molecule has 0 spiro atoms. The van der Waals surface area contributed by atoms with Crippen LogP contribution >= 0.6 is 11.3 Å². The topological polar surface area (TPSA) is 68.1 Å². The van der Waals surface area contributed by atoms with Gasteiger partial charge in [0, 0.05) is 26.4 Å². The minimum atomic E-state index is -0.281. The molecule has 0 amide bonds. The van der Waals surface area contributed by atoms with Crippen LogP contribution in [0.15, 0.2) is 29.1 Å². The number of aromatic nitrogens is 3. The first-order valence-electron chi connectivity index (χ1n) is 9.88. The Morgan fingerprint density at radius 3 is 2.86 bits per heavy atom. The lowest BCUT2D eigenvalue weighted by atomic mass is 10.0. The number of fused-ring (bicyclic) bond motifs is 1. The van der Waals surface area contributed by atoms with Crippen LogP contribution in [-0.2, 0) is 24.7 Å². The van der Waals surface area contributed by atoms with E-state index in [2.05, 4.69) is 9.97 Å². The molecule has 4 rings (SSSR count). The quantitative estimate of drug-likeness (QED) is 0.619. The smallest absolute Gasteiger partial charge is 0.280 e. The summed E-state index contributed by atoms with van der Waals surface area (Å²) in [5, 5.41) is 0.666. The molecule has 2 aromatic heterocycles. The van der Waals surface area contributed by atoms with Crippen molar-refractivity contribution in [2.45, 2.75) is 45.1 Å². The van der Waals surface area contributed by atoms with Gasteiger partial charge in [-0.05, 0) is 30.9 Å². The molecule has 0 unspecified atom stereocenters. The van der Waals surface area contributed by atoms with E-state index in [-0.39, 0.29) is 29.6 Å². The largest absolute Gasteiger partial charge is 0.338 e. The van der Waals surface area contributed by atoms with E-state index in [9.17, 15) is 14.0 Å². The van der Waals surface area contributed by atoms with E-state index in [0.717, 1.165) is 25.2 Å². The normalized spacial score (nSPS) is 16.7. The average molecular weight is 415 g/mol. The van der Waals surface area contributed by atoms with Gasteiger partial charge in [-0.1, -0.05) is 36.5 Å². The molecule has 0 aliphatic carbocycles. The molecule has 1 aliphatic rings. The zero-order valence-corrected chi connectivity index (χ0v) is 17.3. The van der Waals surface area contributed by atoms with Crippen LogP contribution in [0.1, 0.15) is 37.6 Å². The summed E-state index contributed by atoms with van der Waals surface area (Å²) >= 11 is 1.36. The third kappa shape index (κ3) is 3.69. The molecule has 0 saturated carbocycles. The number of nitrogens with zero attached hydrogens (tertiary/aromatic N) is 4. The Labute approximate surface area is 172 Å². The zero-order chi connectivity index (χ0) is 20.5. The highest BCUT2D eigenvalue weighted by atomic mass is 32.1. The lowest BCUT2D eigenvalue weighted by Crippen LogP contribution is -2.36. The van der Waals surface area contributed by atoms with Gasteiger partial charge in [0.1, 0.15) is 11.6 Å². The summed E-state index contributed by atoms with van der Waals surface area (Å²) in [4.78, 5) is 37.2. The van der Waals surface area contributed by atoms with E-state index >= 15 is 0 Å². The summed E-state index contributed by atoms with van der Waals surface area (Å²) in [5.41, 5.74) is 0.760. The third-order valence-electron chi connectivity index (χ3n) is 5.51. The van der Waals surface area contributed by atoms with Crippen LogP contribution in [0, 0.1) is 5.82 Å². The number of halogens is 1. The summed E-state index contributed by atoms with van der Waals surface area (Å²) in [6.07, 6.45) is 2.97. The van der Waals surface area contributed by atoms with Crippen LogP contribution in [-0.4, -0.2) is 32.9 Å². The second-order valence-corrected chi connectivity index (χ2v) is 8.26. The number of anilines is 1. The van der Waals surface area contributed by atoms with Crippen LogP contribution in [0.25, 0.3) is 10.3 Å². The van der Waals surface area contributed by atoms with Gasteiger partial charge >= 0.3 is 0 Å². The van der Waals surface area contributed by atoms with Crippen LogP contribution in [0.3, 0.4) is 0 Å². The highest BCUT2D eigenvalue weighted by Crippen LogP contribution is 2.32. The molecule has 0 bridgehead atoms. The fourth-order valence-corrected chi connectivity index (χ4v) is 4.91. The second kappa shape index (κ2) is 8.02. The molecular weight excluding hydrogens is 391 g/mol. The van der Waals surface area contributed by atoms with Gasteiger partial charge in [-0.2, -0.15) is 0 Å². The van der Waals surface area contributed by atoms with Gasteiger partial charge in [-0.25, -0.2) is 14.4 Å². The third-order valence-corrected chi connectivity index (χ3v) is 6.49. The zero-order valence-electron chi connectivity index (χ0n) is 16.5. The van der Waals surface area contributed by atoms with Crippen molar-refractivity contribution in [1.82, 2.24) is 14.5 Å². The van der Waals surface area contributed by atoms with Crippen LogP contribution in [0.4, 0.5) is 9.52 Å². The first kappa shape index (κ1) is 19.7. The molecule has 152 valence electrons. The minimum absolute atomic E-state index is 0.0834. The predicted molar refractivity (Wildman–Crippen MR) is 112 cm³/mol. The molecule has 3 aromatic rings. The van der Waals surface area contributed by atoms with Crippen LogP contribution in [0.5, 0.6) is 0 Å². The average Bonchev–Trinajstić information content (AvgIpc) is 3.36. The van der Waals surface area contributed by atoms with Gasteiger partial charge in [-0.3, -0.25) is 14.2 Å². The second-order valence-electron chi connectivity index (χ2n) is 7.31. The van der Waals surface area contributed by atoms with E-state index in [0.29, 0.717) is 33.9 Å². The Balaban J connectivity index is 1.56. The van der Waals surface area contributed by atoms with Gasteiger partial charge in [0.05, 0.1) is 6.04 Å². The number of hydrogen-bond donors (Lipinski definition) is 0. The van der Waals surface area contributed by atoms with Crippen LogP contribution in [0.2, 0.25) is 0 Å². The summed E-state index contributed by atoms with van der Waals surface area (Å²) in [6.45, 7) is 2.68.